The average Bonchev–Trinajstić information content (AvgIpc) is 2.45. The first-order valence-corrected chi connectivity index (χ1v) is 7.28. The van der Waals surface area contributed by atoms with E-state index >= 15 is 0 Å². The Morgan fingerprint density at radius 3 is 2.48 bits per heavy atom. The van der Waals surface area contributed by atoms with Crippen molar-refractivity contribution >= 4 is 0 Å². The Balaban J connectivity index is 2.19. The average molecular weight is 287 g/mol. The molecule has 2 N–H and O–H groups in total. The van der Waals surface area contributed by atoms with Gasteiger partial charge < -0.3 is 10.5 Å². The molecule has 2 aromatic carbocycles. The van der Waals surface area contributed by atoms with Gasteiger partial charge in [0.1, 0.15) is 17.3 Å². The summed E-state index contributed by atoms with van der Waals surface area (Å²) in [6.45, 7) is 5.98. The minimum Gasteiger partial charge on any atom is -0.457 e. The van der Waals surface area contributed by atoms with E-state index in [0.29, 0.717) is 5.75 Å². The van der Waals surface area contributed by atoms with E-state index in [-0.39, 0.29) is 11.9 Å². The topological polar surface area (TPSA) is 35.2 Å². The van der Waals surface area contributed by atoms with Crippen LogP contribution in [0.3, 0.4) is 0 Å². The number of nitrogens with two attached hydrogens (primary N) is 1. The molecule has 0 aliphatic carbocycles. The standard InChI is InChI=1S/C18H22FNO/c1-4-16(20)10-14-6-8-17(13(3)9-14)21-18-11-15(19)7-5-12(18)2/h5-9,11,16H,4,10,20H2,1-3H3. The SMILES string of the molecule is CCC(N)Cc1ccc(Oc2cc(F)ccc2C)c(C)c1. The zero-order chi connectivity index (χ0) is 15.4. The maximum Gasteiger partial charge on any atom is 0.133 e. The molecule has 0 aliphatic heterocycles. The van der Waals surface area contributed by atoms with Crippen LogP contribution in [0, 0.1) is 19.7 Å². The van der Waals surface area contributed by atoms with Crippen molar-refractivity contribution in [2.24, 2.45) is 5.73 Å². The molecule has 3 heteroatoms. The van der Waals surface area contributed by atoms with Crippen molar-refractivity contribution in [2.45, 2.75) is 39.7 Å². The molecule has 2 nitrogen and oxygen atoms in total. The lowest BCUT2D eigenvalue weighted by Gasteiger charge is -2.14. The lowest BCUT2D eigenvalue weighted by Crippen LogP contribution is -2.21. The van der Waals surface area contributed by atoms with E-state index in [0.717, 1.165) is 29.7 Å². The molecule has 0 aromatic heterocycles. The summed E-state index contributed by atoms with van der Waals surface area (Å²) in [4.78, 5) is 0. The second-order valence-corrected chi connectivity index (χ2v) is 5.48. The second kappa shape index (κ2) is 6.72. The van der Waals surface area contributed by atoms with Crippen LogP contribution < -0.4 is 10.5 Å². The lowest BCUT2D eigenvalue weighted by molar-refractivity contribution is 0.469. The molecule has 0 bridgehead atoms. The van der Waals surface area contributed by atoms with Gasteiger partial charge in [-0.2, -0.15) is 0 Å². The first-order chi connectivity index (χ1) is 9.99. The molecule has 0 fully saturated rings. The number of halogens is 1. The van der Waals surface area contributed by atoms with Crippen molar-refractivity contribution in [3.05, 3.63) is 58.9 Å². The number of rotatable bonds is 5. The summed E-state index contributed by atoms with van der Waals surface area (Å²) < 4.78 is 19.1. The third-order valence-electron chi connectivity index (χ3n) is 3.63. The highest BCUT2D eigenvalue weighted by atomic mass is 19.1. The number of ether oxygens (including phenoxy) is 1. The normalized spacial score (nSPS) is 12.2. The summed E-state index contributed by atoms with van der Waals surface area (Å²) in [5.41, 5.74) is 9.12. The van der Waals surface area contributed by atoms with E-state index in [2.05, 4.69) is 13.0 Å². The van der Waals surface area contributed by atoms with Crippen molar-refractivity contribution < 1.29 is 9.13 Å². The van der Waals surface area contributed by atoms with Crippen LogP contribution in [0.2, 0.25) is 0 Å². The van der Waals surface area contributed by atoms with Crippen LogP contribution in [0.25, 0.3) is 0 Å². The largest absolute Gasteiger partial charge is 0.457 e. The van der Waals surface area contributed by atoms with Gasteiger partial charge in [-0.3, -0.25) is 0 Å². The van der Waals surface area contributed by atoms with E-state index in [4.69, 9.17) is 10.5 Å². The maximum absolute atomic E-state index is 13.3. The predicted octanol–water partition coefficient (Wildman–Crippen LogP) is 4.51. The molecule has 1 unspecified atom stereocenters. The number of hydrogen-bond acceptors (Lipinski definition) is 2. The Morgan fingerprint density at radius 2 is 1.81 bits per heavy atom. The first-order valence-electron chi connectivity index (χ1n) is 7.28. The Kier molecular flexibility index (Phi) is 4.97. The Hall–Kier alpha value is -1.87. The molecular formula is C18H22FNO. The van der Waals surface area contributed by atoms with E-state index in [1.165, 1.54) is 17.7 Å². The molecule has 0 aliphatic rings. The van der Waals surface area contributed by atoms with E-state index in [9.17, 15) is 4.39 Å². The van der Waals surface area contributed by atoms with E-state index in [1.807, 2.05) is 26.0 Å². The molecular weight excluding hydrogens is 265 g/mol. The minimum atomic E-state index is -0.293. The van der Waals surface area contributed by atoms with Crippen LogP contribution in [-0.2, 0) is 6.42 Å². The Labute approximate surface area is 125 Å². The quantitative estimate of drug-likeness (QED) is 0.877. The van der Waals surface area contributed by atoms with Crippen molar-refractivity contribution in [3.63, 3.8) is 0 Å². The van der Waals surface area contributed by atoms with E-state index < -0.39 is 0 Å². The molecule has 0 radical (unpaired) electrons. The van der Waals surface area contributed by atoms with Gasteiger partial charge in [0.05, 0.1) is 0 Å². The maximum atomic E-state index is 13.3. The summed E-state index contributed by atoms with van der Waals surface area (Å²) in [6, 6.07) is 10.8. The van der Waals surface area contributed by atoms with Gasteiger partial charge in [0.2, 0.25) is 0 Å². The fourth-order valence-electron chi connectivity index (χ4n) is 2.20. The summed E-state index contributed by atoms with van der Waals surface area (Å²) in [5.74, 6) is 1.01. The number of aryl methyl sites for hydroxylation is 2. The van der Waals surface area contributed by atoms with Crippen LogP contribution in [0.1, 0.15) is 30.0 Å². The molecule has 0 saturated heterocycles. The zero-order valence-electron chi connectivity index (χ0n) is 12.8. The smallest absolute Gasteiger partial charge is 0.133 e. The molecule has 0 saturated carbocycles. The third kappa shape index (κ3) is 4.05. The molecule has 21 heavy (non-hydrogen) atoms. The highest BCUT2D eigenvalue weighted by molar-refractivity contribution is 5.42. The van der Waals surface area contributed by atoms with Gasteiger partial charge in [0.15, 0.2) is 0 Å². The van der Waals surface area contributed by atoms with Crippen LogP contribution >= 0.6 is 0 Å². The molecule has 2 rings (SSSR count). The number of hydrogen-bond donors (Lipinski definition) is 1. The third-order valence-corrected chi connectivity index (χ3v) is 3.63. The summed E-state index contributed by atoms with van der Waals surface area (Å²) in [5, 5.41) is 0. The molecule has 2 aromatic rings. The van der Waals surface area contributed by atoms with Crippen LogP contribution in [-0.4, -0.2) is 6.04 Å². The zero-order valence-corrected chi connectivity index (χ0v) is 12.8. The molecule has 1 atom stereocenters. The Morgan fingerprint density at radius 1 is 1.05 bits per heavy atom. The molecule has 0 amide bonds. The molecule has 112 valence electrons. The highest BCUT2D eigenvalue weighted by Gasteiger charge is 2.08. The second-order valence-electron chi connectivity index (χ2n) is 5.48. The Bertz CT molecular complexity index is 625. The summed E-state index contributed by atoms with van der Waals surface area (Å²) in [7, 11) is 0. The van der Waals surface area contributed by atoms with Crippen LogP contribution in [0.4, 0.5) is 4.39 Å². The van der Waals surface area contributed by atoms with Gasteiger partial charge in [-0.05, 0) is 55.5 Å². The van der Waals surface area contributed by atoms with Crippen molar-refractivity contribution in [1.29, 1.82) is 0 Å². The van der Waals surface area contributed by atoms with Gasteiger partial charge in [-0.25, -0.2) is 4.39 Å². The van der Waals surface area contributed by atoms with Gasteiger partial charge in [-0.1, -0.05) is 25.1 Å². The van der Waals surface area contributed by atoms with E-state index in [1.54, 1.807) is 6.07 Å². The van der Waals surface area contributed by atoms with Gasteiger partial charge in [-0.15, -0.1) is 0 Å². The lowest BCUT2D eigenvalue weighted by atomic mass is 10.0. The van der Waals surface area contributed by atoms with Crippen molar-refractivity contribution in [2.75, 3.05) is 0 Å². The van der Waals surface area contributed by atoms with Crippen LogP contribution in [0.15, 0.2) is 36.4 Å². The highest BCUT2D eigenvalue weighted by Crippen LogP contribution is 2.29. The van der Waals surface area contributed by atoms with Crippen molar-refractivity contribution in [3.8, 4) is 11.5 Å². The minimum absolute atomic E-state index is 0.182. The predicted molar refractivity (Wildman–Crippen MR) is 84.4 cm³/mol. The summed E-state index contributed by atoms with van der Waals surface area (Å²) in [6.07, 6.45) is 1.82. The van der Waals surface area contributed by atoms with Crippen molar-refractivity contribution in [1.82, 2.24) is 0 Å². The molecule has 0 heterocycles. The monoisotopic (exact) mass is 287 g/mol. The fraction of sp³-hybridized carbons (Fsp3) is 0.333. The summed E-state index contributed by atoms with van der Waals surface area (Å²) >= 11 is 0. The number of benzene rings is 2. The van der Waals surface area contributed by atoms with Gasteiger partial charge in [0, 0.05) is 12.1 Å². The van der Waals surface area contributed by atoms with Crippen LogP contribution in [0.5, 0.6) is 11.5 Å². The first kappa shape index (κ1) is 15.5. The van der Waals surface area contributed by atoms with Gasteiger partial charge >= 0.3 is 0 Å². The fourth-order valence-corrected chi connectivity index (χ4v) is 2.20. The molecule has 0 spiro atoms. The van der Waals surface area contributed by atoms with Gasteiger partial charge in [0.25, 0.3) is 0 Å².